The molecule has 0 saturated carbocycles. The Bertz CT molecular complexity index is 184. The molecule has 0 saturated heterocycles. The molecule has 1 atom stereocenters. The van der Waals surface area contributed by atoms with E-state index in [1.54, 1.807) is 0 Å². The first-order valence-corrected chi connectivity index (χ1v) is 5.32. The first-order valence-electron chi connectivity index (χ1n) is 5.32. The van der Waals surface area contributed by atoms with Crippen LogP contribution in [0.15, 0.2) is 0 Å². The maximum absolute atomic E-state index is 11.2. The largest absolute Gasteiger partial charge is 0.393 e. The van der Waals surface area contributed by atoms with E-state index in [4.69, 9.17) is 10.8 Å². The summed E-state index contributed by atoms with van der Waals surface area (Å²) in [5.74, 6) is -0.0965. The van der Waals surface area contributed by atoms with Crippen molar-refractivity contribution in [2.24, 2.45) is 5.73 Å². The number of rotatable bonds is 8. The van der Waals surface area contributed by atoms with Crippen LogP contribution in [0.25, 0.3) is 0 Å². The molecule has 0 spiro atoms. The van der Waals surface area contributed by atoms with Crippen molar-refractivity contribution in [2.75, 3.05) is 19.7 Å². The normalized spacial score (nSPS) is 14.7. The quantitative estimate of drug-likeness (QED) is 0.408. The van der Waals surface area contributed by atoms with E-state index in [2.05, 4.69) is 5.32 Å². The van der Waals surface area contributed by atoms with E-state index in [1.807, 2.05) is 0 Å². The monoisotopic (exact) mass is 218 g/mol. The predicted octanol–water partition coefficient (Wildman–Crippen LogP) is -0.635. The number of nitrogens with two attached hydrogens (primary N) is 1. The molecule has 0 aromatic rings. The molecule has 0 aromatic carbocycles. The Morgan fingerprint density at radius 2 is 2.07 bits per heavy atom. The number of aliphatic hydroxyl groups excluding tert-OH is 1. The van der Waals surface area contributed by atoms with Crippen LogP contribution in [0, 0.1) is 0 Å². The van der Waals surface area contributed by atoms with Gasteiger partial charge in [-0.15, -0.1) is 0 Å². The van der Waals surface area contributed by atoms with E-state index in [0.29, 0.717) is 13.0 Å². The molecule has 0 aliphatic rings. The number of nitrogens with one attached hydrogen (secondary N) is 1. The zero-order valence-corrected chi connectivity index (χ0v) is 9.33. The van der Waals surface area contributed by atoms with Gasteiger partial charge in [0, 0.05) is 13.0 Å². The lowest BCUT2D eigenvalue weighted by atomic mass is 10.1. The third kappa shape index (κ3) is 8.35. The van der Waals surface area contributed by atoms with Crippen LogP contribution >= 0.6 is 0 Å². The van der Waals surface area contributed by atoms with Gasteiger partial charge >= 0.3 is 0 Å². The van der Waals surface area contributed by atoms with Crippen molar-refractivity contribution in [3.63, 3.8) is 0 Å². The van der Waals surface area contributed by atoms with Crippen molar-refractivity contribution in [3.8, 4) is 0 Å². The molecule has 5 heteroatoms. The van der Waals surface area contributed by atoms with Crippen LogP contribution in [0.1, 0.15) is 32.6 Å². The lowest BCUT2D eigenvalue weighted by Crippen LogP contribution is -2.43. The van der Waals surface area contributed by atoms with Gasteiger partial charge < -0.3 is 21.3 Å². The van der Waals surface area contributed by atoms with Crippen LogP contribution in [-0.2, 0) is 4.79 Å². The zero-order chi connectivity index (χ0) is 11.7. The average molecular weight is 218 g/mol. The third-order valence-corrected chi connectivity index (χ3v) is 2.11. The molecule has 5 N–H and O–H groups in total. The van der Waals surface area contributed by atoms with Crippen LogP contribution in [0.4, 0.5) is 0 Å². The van der Waals surface area contributed by atoms with Crippen molar-refractivity contribution in [1.82, 2.24) is 5.32 Å². The van der Waals surface area contributed by atoms with Gasteiger partial charge in [-0.25, -0.2) is 0 Å². The van der Waals surface area contributed by atoms with Crippen LogP contribution in [0.3, 0.4) is 0 Å². The minimum atomic E-state index is -1.23. The lowest BCUT2D eigenvalue weighted by molar-refractivity contribution is -0.122. The summed E-state index contributed by atoms with van der Waals surface area (Å²) in [5, 5.41) is 20.7. The van der Waals surface area contributed by atoms with Crippen molar-refractivity contribution >= 4 is 5.91 Å². The highest BCUT2D eigenvalue weighted by Gasteiger charge is 2.19. The first-order chi connectivity index (χ1) is 7.02. The summed E-state index contributed by atoms with van der Waals surface area (Å²) in [6, 6.07) is 0. The Labute approximate surface area is 90.7 Å². The maximum atomic E-state index is 11.2. The first kappa shape index (κ1) is 14.3. The number of carbonyl (C=O) groups excluding carboxylic acids is 1. The number of aliphatic hydroxyl groups is 2. The average Bonchev–Trinajstić information content (AvgIpc) is 2.22. The summed E-state index contributed by atoms with van der Waals surface area (Å²) >= 11 is 0. The van der Waals surface area contributed by atoms with Crippen molar-refractivity contribution in [1.29, 1.82) is 0 Å². The summed E-state index contributed by atoms with van der Waals surface area (Å²) in [7, 11) is 0. The fraction of sp³-hybridized carbons (Fsp3) is 0.900. The van der Waals surface area contributed by atoms with Gasteiger partial charge in [0.25, 0.3) is 0 Å². The Morgan fingerprint density at radius 3 is 2.60 bits per heavy atom. The standard InChI is InChI=1S/C10H22N2O3/c1-10(15,8-13)7-12-9(14)5-3-2-4-6-11/h13,15H,2-8,11H2,1H3,(H,12,14). The predicted molar refractivity (Wildman–Crippen MR) is 58.2 cm³/mol. The van der Waals surface area contributed by atoms with Crippen molar-refractivity contribution in [3.05, 3.63) is 0 Å². The summed E-state index contributed by atoms with van der Waals surface area (Å²) in [6.45, 7) is 1.85. The molecule has 0 aromatic heterocycles. The fourth-order valence-corrected chi connectivity index (χ4v) is 1.04. The third-order valence-electron chi connectivity index (χ3n) is 2.11. The molecule has 0 aliphatic heterocycles. The SMILES string of the molecule is CC(O)(CO)CNC(=O)CCCCCN. The highest BCUT2D eigenvalue weighted by Crippen LogP contribution is 2.01. The smallest absolute Gasteiger partial charge is 0.220 e. The molecular formula is C10H22N2O3. The van der Waals surface area contributed by atoms with Crippen LogP contribution in [0.5, 0.6) is 0 Å². The number of carbonyl (C=O) groups is 1. The van der Waals surface area contributed by atoms with Crippen molar-refractivity contribution < 1.29 is 15.0 Å². The lowest BCUT2D eigenvalue weighted by Gasteiger charge is -2.20. The van der Waals surface area contributed by atoms with Gasteiger partial charge in [0.2, 0.25) is 5.91 Å². The van der Waals surface area contributed by atoms with E-state index in [9.17, 15) is 9.90 Å². The summed E-state index contributed by atoms with van der Waals surface area (Å²) in [4.78, 5) is 11.2. The molecule has 0 heterocycles. The van der Waals surface area contributed by atoms with Gasteiger partial charge in [-0.2, -0.15) is 0 Å². The molecule has 0 rings (SSSR count). The van der Waals surface area contributed by atoms with E-state index in [0.717, 1.165) is 19.3 Å². The van der Waals surface area contributed by atoms with E-state index < -0.39 is 5.60 Å². The van der Waals surface area contributed by atoms with E-state index >= 15 is 0 Å². The molecular weight excluding hydrogens is 196 g/mol. The minimum absolute atomic E-state index is 0.0826. The van der Waals surface area contributed by atoms with E-state index in [1.165, 1.54) is 6.92 Å². The summed E-state index contributed by atoms with van der Waals surface area (Å²) in [5.41, 5.74) is 4.09. The second kappa shape index (κ2) is 7.62. The molecule has 1 amide bonds. The van der Waals surface area contributed by atoms with Crippen molar-refractivity contribution in [2.45, 2.75) is 38.2 Å². The van der Waals surface area contributed by atoms with Gasteiger partial charge in [-0.05, 0) is 26.3 Å². The highest BCUT2D eigenvalue weighted by atomic mass is 16.3. The maximum Gasteiger partial charge on any atom is 0.220 e. The van der Waals surface area contributed by atoms with Gasteiger partial charge in [0.05, 0.1) is 6.61 Å². The second-order valence-electron chi connectivity index (χ2n) is 4.03. The molecule has 0 bridgehead atoms. The minimum Gasteiger partial charge on any atom is -0.393 e. The van der Waals surface area contributed by atoms with E-state index in [-0.39, 0.29) is 19.1 Å². The number of amides is 1. The molecule has 0 fully saturated rings. The molecule has 5 nitrogen and oxygen atoms in total. The number of unbranched alkanes of at least 4 members (excludes halogenated alkanes) is 2. The summed E-state index contributed by atoms with van der Waals surface area (Å²) in [6.07, 6.45) is 3.13. The topological polar surface area (TPSA) is 95.6 Å². The van der Waals surface area contributed by atoms with Gasteiger partial charge in [0.1, 0.15) is 5.60 Å². The van der Waals surface area contributed by atoms with Crippen LogP contribution in [0.2, 0.25) is 0 Å². The second-order valence-corrected chi connectivity index (χ2v) is 4.03. The van der Waals surface area contributed by atoms with Gasteiger partial charge in [-0.1, -0.05) is 6.42 Å². The Hall–Kier alpha value is -0.650. The summed E-state index contributed by atoms with van der Waals surface area (Å²) < 4.78 is 0. The fourth-order valence-electron chi connectivity index (χ4n) is 1.04. The Balaban J connectivity index is 3.49. The van der Waals surface area contributed by atoms with Gasteiger partial charge in [-0.3, -0.25) is 4.79 Å². The molecule has 0 aliphatic carbocycles. The Morgan fingerprint density at radius 1 is 1.40 bits per heavy atom. The van der Waals surface area contributed by atoms with Gasteiger partial charge in [0.15, 0.2) is 0 Å². The molecule has 90 valence electrons. The Kier molecular flexibility index (Phi) is 7.29. The zero-order valence-electron chi connectivity index (χ0n) is 9.33. The molecule has 0 radical (unpaired) electrons. The number of hydrogen-bond donors (Lipinski definition) is 4. The van der Waals surface area contributed by atoms with Crippen LogP contribution in [-0.4, -0.2) is 41.4 Å². The molecule has 1 unspecified atom stereocenters. The highest BCUT2D eigenvalue weighted by molar-refractivity contribution is 5.75. The van der Waals surface area contributed by atoms with Crippen LogP contribution < -0.4 is 11.1 Å². The number of hydrogen-bond acceptors (Lipinski definition) is 4. The molecule has 15 heavy (non-hydrogen) atoms.